The van der Waals surface area contributed by atoms with E-state index in [0.29, 0.717) is 6.61 Å². The van der Waals surface area contributed by atoms with Crippen molar-refractivity contribution in [1.82, 2.24) is 9.47 Å². The molecule has 4 rings (SSSR count). The molecule has 2 aromatic carbocycles. The van der Waals surface area contributed by atoms with Gasteiger partial charge in [-0.2, -0.15) is 0 Å². The van der Waals surface area contributed by atoms with Gasteiger partial charge in [0.25, 0.3) is 0 Å². The minimum Gasteiger partial charge on any atom is -0.494 e. The number of rotatable bonds is 4. The maximum atomic E-state index is 5.81. The second-order valence-electron chi connectivity index (χ2n) is 6.66. The van der Waals surface area contributed by atoms with E-state index in [2.05, 4.69) is 61.2 Å². The molecule has 0 unspecified atom stereocenters. The van der Waals surface area contributed by atoms with E-state index < -0.39 is 0 Å². The van der Waals surface area contributed by atoms with Crippen LogP contribution in [0, 0.1) is 0 Å². The Morgan fingerprint density at radius 3 is 2.71 bits per heavy atom. The first-order valence-corrected chi connectivity index (χ1v) is 10.6. The van der Waals surface area contributed by atoms with Crippen molar-refractivity contribution >= 4 is 38.9 Å². The Morgan fingerprint density at radius 1 is 1.14 bits per heavy atom. The van der Waals surface area contributed by atoms with E-state index in [-0.39, 0.29) is 6.04 Å². The first-order chi connectivity index (χ1) is 13.7. The third kappa shape index (κ3) is 3.93. The predicted molar refractivity (Wildman–Crippen MR) is 121 cm³/mol. The molecule has 4 nitrogen and oxygen atoms in total. The fraction of sp³-hybridized carbons (Fsp3) is 0.227. The van der Waals surface area contributed by atoms with Crippen molar-refractivity contribution in [3.05, 3.63) is 82.6 Å². The normalized spacial score (nSPS) is 15.8. The summed E-state index contributed by atoms with van der Waals surface area (Å²) in [5.41, 5.74) is 3.42. The molecule has 1 aromatic heterocycles. The van der Waals surface area contributed by atoms with Crippen molar-refractivity contribution in [3.63, 3.8) is 0 Å². The minimum absolute atomic E-state index is 0.0616. The Kier molecular flexibility index (Phi) is 5.69. The molecule has 0 radical (unpaired) electrons. The maximum absolute atomic E-state index is 5.81. The van der Waals surface area contributed by atoms with Crippen molar-refractivity contribution in [2.24, 2.45) is 0 Å². The van der Waals surface area contributed by atoms with Gasteiger partial charge in [-0.25, -0.2) is 0 Å². The molecule has 0 saturated carbocycles. The zero-order chi connectivity index (χ0) is 19.5. The molecule has 3 aromatic rings. The second kappa shape index (κ2) is 8.37. The fourth-order valence-corrected chi connectivity index (χ4v) is 4.34. The van der Waals surface area contributed by atoms with Crippen LogP contribution in [0.15, 0.2) is 71.3 Å². The monoisotopic (exact) mass is 455 g/mol. The molecule has 1 aliphatic rings. The number of hydrogen-bond donors (Lipinski definition) is 1. The summed E-state index contributed by atoms with van der Waals surface area (Å²) in [5.74, 6) is 0.888. The molecule has 2 heterocycles. The number of hydrogen-bond acceptors (Lipinski definition) is 2. The van der Waals surface area contributed by atoms with Gasteiger partial charge in [-0.3, -0.25) is 0 Å². The van der Waals surface area contributed by atoms with Crippen LogP contribution in [-0.4, -0.2) is 27.7 Å². The van der Waals surface area contributed by atoms with Crippen molar-refractivity contribution in [1.29, 1.82) is 0 Å². The number of nitrogens with one attached hydrogen (secondary N) is 1. The summed E-state index contributed by atoms with van der Waals surface area (Å²) < 4.78 is 8.93. The smallest absolute Gasteiger partial charge is 0.174 e. The van der Waals surface area contributed by atoms with Gasteiger partial charge in [0.15, 0.2) is 5.11 Å². The number of aromatic nitrogens is 1. The van der Waals surface area contributed by atoms with Crippen LogP contribution in [-0.2, 0) is 6.54 Å². The van der Waals surface area contributed by atoms with Gasteiger partial charge in [-0.15, -0.1) is 0 Å². The Bertz CT molecular complexity index is 970. The van der Waals surface area contributed by atoms with E-state index in [4.69, 9.17) is 17.0 Å². The lowest BCUT2D eigenvalue weighted by atomic mass is 10.00. The molecule has 144 valence electrons. The number of fused-ring (bicyclic) bond motifs is 1. The van der Waals surface area contributed by atoms with E-state index in [9.17, 15) is 0 Å². The number of halogens is 1. The molecule has 0 aliphatic carbocycles. The zero-order valence-electron chi connectivity index (χ0n) is 15.6. The quantitative estimate of drug-likeness (QED) is 0.529. The van der Waals surface area contributed by atoms with E-state index >= 15 is 0 Å². The minimum atomic E-state index is 0.0616. The lowest BCUT2D eigenvalue weighted by Crippen LogP contribution is -2.44. The SMILES string of the molecule is CCOc1ccc([C@H]2c3cccn3CCN2C(=S)Nc2cccc(Br)c2)cc1. The van der Waals surface area contributed by atoms with Crippen LogP contribution in [0.25, 0.3) is 0 Å². The number of ether oxygens (including phenoxy) is 1. The average molecular weight is 456 g/mol. The van der Waals surface area contributed by atoms with Crippen LogP contribution < -0.4 is 10.1 Å². The zero-order valence-corrected chi connectivity index (χ0v) is 18.0. The predicted octanol–water partition coefficient (Wildman–Crippen LogP) is 5.45. The van der Waals surface area contributed by atoms with Gasteiger partial charge in [0.05, 0.1) is 12.6 Å². The number of anilines is 1. The Hall–Kier alpha value is -2.31. The van der Waals surface area contributed by atoms with Gasteiger partial charge >= 0.3 is 0 Å². The average Bonchev–Trinajstić information content (AvgIpc) is 3.17. The number of benzene rings is 2. The molecule has 0 saturated heterocycles. The highest BCUT2D eigenvalue weighted by atomic mass is 79.9. The molecule has 28 heavy (non-hydrogen) atoms. The molecule has 0 bridgehead atoms. The van der Waals surface area contributed by atoms with Crippen LogP contribution in [0.2, 0.25) is 0 Å². The summed E-state index contributed by atoms with van der Waals surface area (Å²) in [6.07, 6.45) is 2.14. The van der Waals surface area contributed by atoms with E-state index in [1.165, 1.54) is 11.3 Å². The highest BCUT2D eigenvalue weighted by Gasteiger charge is 2.30. The highest BCUT2D eigenvalue weighted by molar-refractivity contribution is 9.10. The third-order valence-corrected chi connectivity index (χ3v) is 5.71. The summed E-state index contributed by atoms with van der Waals surface area (Å²) in [6, 6.07) is 20.7. The summed E-state index contributed by atoms with van der Waals surface area (Å²) in [5, 5.41) is 4.13. The second-order valence-corrected chi connectivity index (χ2v) is 7.97. The first kappa shape index (κ1) is 19.0. The molecule has 0 fully saturated rings. The lowest BCUT2D eigenvalue weighted by Gasteiger charge is -2.39. The molecule has 1 aliphatic heterocycles. The summed E-state index contributed by atoms with van der Waals surface area (Å²) in [6.45, 7) is 4.42. The van der Waals surface area contributed by atoms with Gasteiger partial charge in [0.1, 0.15) is 5.75 Å². The number of nitrogens with zero attached hydrogens (tertiary/aromatic N) is 2. The molecule has 1 N–H and O–H groups in total. The highest BCUT2D eigenvalue weighted by Crippen LogP contribution is 2.34. The topological polar surface area (TPSA) is 29.4 Å². The van der Waals surface area contributed by atoms with E-state index in [0.717, 1.165) is 34.1 Å². The van der Waals surface area contributed by atoms with Crippen molar-refractivity contribution in [2.45, 2.75) is 19.5 Å². The molecular formula is C22H22BrN3OS. The fourth-order valence-electron chi connectivity index (χ4n) is 3.63. The largest absolute Gasteiger partial charge is 0.494 e. The van der Waals surface area contributed by atoms with E-state index in [1.54, 1.807) is 0 Å². The van der Waals surface area contributed by atoms with Gasteiger partial charge < -0.3 is 19.5 Å². The van der Waals surface area contributed by atoms with Gasteiger partial charge in [-0.05, 0) is 67.2 Å². The summed E-state index contributed by atoms with van der Waals surface area (Å²) >= 11 is 9.33. The summed E-state index contributed by atoms with van der Waals surface area (Å²) in [7, 11) is 0. The lowest BCUT2D eigenvalue weighted by molar-refractivity contribution is 0.293. The standard InChI is InChI=1S/C22H22BrN3OS/c1-2-27-19-10-8-16(9-11-19)21-20-7-4-12-25(20)13-14-26(21)22(28)24-18-6-3-5-17(23)15-18/h3-12,15,21H,2,13-14H2,1H3,(H,24,28)/t21-/m0/s1. The molecule has 0 spiro atoms. The molecule has 1 atom stereocenters. The van der Waals surface area contributed by atoms with E-state index in [1.807, 2.05) is 43.3 Å². The molecule has 6 heteroatoms. The van der Waals surface area contributed by atoms with Gasteiger partial charge in [-0.1, -0.05) is 34.1 Å². The van der Waals surface area contributed by atoms with Gasteiger partial charge in [0, 0.05) is 35.1 Å². The first-order valence-electron chi connectivity index (χ1n) is 9.36. The van der Waals surface area contributed by atoms with Gasteiger partial charge in [0.2, 0.25) is 0 Å². The Balaban J connectivity index is 1.64. The van der Waals surface area contributed by atoms with Crippen LogP contribution in [0.4, 0.5) is 5.69 Å². The van der Waals surface area contributed by atoms with Crippen LogP contribution >= 0.6 is 28.1 Å². The number of thiocarbonyl (C=S) groups is 1. The van der Waals surface area contributed by atoms with Crippen molar-refractivity contribution in [2.75, 3.05) is 18.5 Å². The maximum Gasteiger partial charge on any atom is 0.174 e. The van der Waals surface area contributed by atoms with Crippen LogP contribution in [0.3, 0.4) is 0 Å². The third-order valence-electron chi connectivity index (χ3n) is 4.88. The Morgan fingerprint density at radius 2 is 1.96 bits per heavy atom. The molecule has 0 amide bonds. The molecular weight excluding hydrogens is 434 g/mol. The van der Waals surface area contributed by atoms with Crippen LogP contribution in [0.1, 0.15) is 24.2 Å². The van der Waals surface area contributed by atoms with Crippen molar-refractivity contribution in [3.8, 4) is 5.75 Å². The Labute approximate surface area is 179 Å². The summed E-state index contributed by atoms with van der Waals surface area (Å²) in [4.78, 5) is 2.27. The van der Waals surface area contributed by atoms with Crippen molar-refractivity contribution < 1.29 is 4.74 Å². The van der Waals surface area contributed by atoms with Crippen LogP contribution in [0.5, 0.6) is 5.75 Å².